The van der Waals surface area contributed by atoms with Crippen LogP contribution in [0.3, 0.4) is 0 Å². The van der Waals surface area contributed by atoms with Crippen LogP contribution in [0.2, 0.25) is 0 Å². The van der Waals surface area contributed by atoms with Crippen molar-refractivity contribution in [3.05, 3.63) is 29.3 Å². The summed E-state index contributed by atoms with van der Waals surface area (Å²) in [5.41, 5.74) is -0.691. The van der Waals surface area contributed by atoms with Gasteiger partial charge in [0.05, 0.1) is 0 Å². The highest BCUT2D eigenvalue weighted by Gasteiger charge is 2.28. The van der Waals surface area contributed by atoms with Gasteiger partial charge >= 0.3 is 0 Å². The minimum absolute atomic E-state index is 0.165. The summed E-state index contributed by atoms with van der Waals surface area (Å²) in [6.07, 6.45) is 2.60. The zero-order valence-electron chi connectivity index (χ0n) is 10.9. The van der Waals surface area contributed by atoms with Crippen LogP contribution in [0.25, 0.3) is 0 Å². The third-order valence-corrected chi connectivity index (χ3v) is 3.87. The highest BCUT2D eigenvalue weighted by Crippen LogP contribution is 2.33. The highest BCUT2D eigenvalue weighted by atomic mass is 19.2. The Morgan fingerprint density at radius 1 is 1.00 bits per heavy atom. The maximum absolute atomic E-state index is 13.6. The molecule has 0 amide bonds. The standard InChI is InChI=1S/C14H17F4N/c1-7-3-4-11(8(2)5-7)19-14-12(17)9(15)6-10(16)13(14)18/h6-8,11,19H,3-5H2,1-2H3. The molecular weight excluding hydrogens is 258 g/mol. The first-order valence-electron chi connectivity index (χ1n) is 6.49. The molecule has 106 valence electrons. The fraction of sp³-hybridized carbons (Fsp3) is 0.571. The minimum Gasteiger partial charge on any atom is -0.377 e. The predicted octanol–water partition coefficient (Wildman–Crippen LogP) is 4.48. The lowest BCUT2D eigenvalue weighted by atomic mass is 9.80. The van der Waals surface area contributed by atoms with Crippen LogP contribution in [-0.2, 0) is 0 Å². The first-order chi connectivity index (χ1) is 8.90. The van der Waals surface area contributed by atoms with E-state index in [1.807, 2.05) is 6.92 Å². The summed E-state index contributed by atoms with van der Waals surface area (Å²) in [7, 11) is 0. The lowest BCUT2D eigenvalue weighted by Crippen LogP contribution is -2.33. The Bertz CT molecular complexity index is 449. The van der Waals surface area contributed by atoms with E-state index in [1.165, 1.54) is 0 Å². The minimum atomic E-state index is -1.38. The molecule has 1 aliphatic carbocycles. The second-order valence-electron chi connectivity index (χ2n) is 5.49. The zero-order chi connectivity index (χ0) is 14.2. The van der Waals surface area contributed by atoms with Gasteiger partial charge in [-0.3, -0.25) is 0 Å². The van der Waals surface area contributed by atoms with Crippen molar-refractivity contribution in [3.8, 4) is 0 Å². The summed E-state index contributed by atoms with van der Waals surface area (Å²) >= 11 is 0. The number of benzene rings is 1. The Labute approximate surface area is 110 Å². The SMILES string of the molecule is CC1CCC(Nc2c(F)c(F)cc(F)c2F)C(C)C1. The number of hydrogen-bond donors (Lipinski definition) is 1. The van der Waals surface area contributed by atoms with E-state index < -0.39 is 29.0 Å². The first kappa shape index (κ1) is 14.2. The van der Waals surface area contributed by atoms with Crippen LogP contribution in [0.4, 0.5) is 23.2 Å². The van der Waals surface area contributed by atoms with Crippen molar-refractivity contribution in [2.45, 2.75) is 39.2 Å². The molecule has 1 saturated carbocycles. The molecule has 1 fully saturated rings. The van der Waals surface area contributed by atoms with Crippen molar-refractivity contribution in [3.63, 3.8) is 0 Å². The Hall–Kier alpha value is -1.26. The summed E-state index contributed by atoms with van der Waals surface area (Å²) in [4.78, 5) is 0. The van der Waals surface area contributed by atoms with Crippen LogP contribution in [0.5, 0.6) is 0 Å². The fourth-order valence-corrected chi connectivity index (χ4v) is 2.77. The van der Waals surface area contributed by atoms with Crippen LogP contribution >= 0.6 is 0 Å². The van der Waals surface area contributed by atoms with E-state index in [9.17, 15) is 17.6 Å². The monoisotopic (exact) mass is 275 g/mol. The number of nitrogens with one attached hydrogen (secondary N) is 1. The molecule has 1 N–H and O–H groups in total. The number of hydrogen-bond acceptors (Lipinski definition) is 1. The topological polar surface area (TPSA) is 12.0 Å². The van der Waals surface area contributed by atoms with Gasteiger partial charge in [-0.2, -0.15) is 0 Å². The van der Waals surface area contributed by atoms with Crippen LogP contribution in [0.15, 0.2) is 6.07 Å². The Morgan fingerprint density at radius 2 is 1.58 bits per heavy atom. The van der Waals surface area contributed by atoms with Crippen LogP contribution in [0.1, 0.15) is 33.1 Å². The van der Waals surface area contributed by atoms with E-state index in [2.05, 4.69) is 12.2 Å². The van der Waals surface area contributed by atoms with Crippen LogP contribution < -0.4 is 5.32 Å². The van der Waals surface area contributed by atoms with Crippen molar-refractivity contribution >= 4 is 5.69 Å². The molecular formula is C14H17F4N. The normalized spacial score (nSPS) is 27.4. The first-order valence-corrected chi connectivity index (χ1v) is 6.49. The average Bonchev–Trinajstić information content (AvgIpc) is 2.34. The molecule has 0 bridgehead atoms. The van der Waals surface area contributed by atoms with Gasteiger partial charge in [0.1, 0.15) is 5.69 Å². The van der Waals surface area contributed by atoms with Crippen molar-refractivity contribution < 1.29 is 17.6 Å². The Kier molecular flexibility index (Phi) is 4.02. The molecule has 3 atom stereocenters. The fourth-order valence-electron chi connectivity index (χ4n) is 2.77. The third-order valence-electron chi connectivity index (χ3n) is 3.87. The summed E-state index contributed by atoms with van der Waals surface area (Å²) < 4.78 is 53.3. The number of halogens is 4. The van der Waals surface area contributed by atoms with E-state index >= 15 is 0 Å². The molecule has 0 heterocycles. The second-order valence-corrected chi connectivity index (χ2v) is 5.49. The molecule has 1 aromatic rings. The summed E-state index contributed by atoms with van der Waals surface area (Å²) in [5.74, 6) is -4.70. The molecule has 2 rings (SSSR count). The molecule has 0 aliphatic heterocycles. The largest absolute Gasteiger partial charge is 0.377 e. The van der Waals surface area contributed by atoms with E-state index in [0.29, 0.717) is 5.92 Å². The lowest BCUT2D eigenvalue weighted by molar-refractivity contribution is 0.275. The van der Waals surface area contributed by atoms with Gasteiger partial charge in [0, 0.05) is 12.1 Å². The predicted molar refractivity (Wildman–Crippen MR) is 65.9 cm³/mol. The summed E-state index contributed by atoms with van der Waals surface area (Å²) in [5, 5.41) is 2.64. The smallest absolute Gasteiger partial charge is 0.185 e. The van der Waals surface area contributed by atoms with Gasteiger partial charge in [-0.1, -0.05) is 13.8 Å². The van der Waals surface area contributed by atoms with Crippen molar-refractivity contribution in [1.29, 1.82) is 0 Å². The van der Waals surface area contributed by atoms with Crippen molar-refractivity contribution in [1.82, 2.24) is 0 Å². The average molecular weight is 275 g/mol. The molecule has 0 aromatic heterocycles. The van der Waals surface area contributed by atoms with Gasteiger partial charge in [-0.05, 0) is 31.1 Å². The lowest BCUT2D eigenvalue weighted by Gasteiger charge is -2.34. The zero-order valence-corrected chi connectivity index (χ0v) is 10.9. The van der Waals surface area contributed by atoms with E-state index in [0.717, 1.165) is 19.3 Å². The highest BCUT2D eigenvalue weighted by molar-refractivity contribution is 5.48. The van der Waals surface area contributed by atoms with Gasteiger partial charge in [-0.25, -0.2) is 17.6 Å². The van der Waals surface area contributed by atoms with Gasteiger partial charge in [-0.15, -0.1) is 0 Å². The Morgan fingerprint density at radius 3 is 2.11 bits per heavy atom. The van der Waals surface area contributed by atoms with Crippen LogP contribution in [-0.4, -0.2) is 6.04 Å². The van der Waals surface area contributed by atoms with Gasteiger partial charge < -0.3 is 5.32 Å². The molecule has 1 aliphatic rings. The molecule has 19 heavy (non-hydrogen) atoms. The van der Waals surface area contributed by atoms with E-state index in [-0.39, 0.29) is 18.0 Å². The van der Waals surface area contributed by atoms with E-state index in [1.54, 1.807) is 0 Å². The molecule has 3 unspecified atom stereocenters. The summed E-state index contributed by atoms with van der Waals surface area (Å²) in [6.45, 7) is 4.09. The third kappa shape index (κ3) is 2.85. The maximum atomic E-state index is 13.6. The molecule has 0 spiro atoms. The van der Waals surface area contributed by atoms with Gasteiger partial charge in [0.15, 0.2) is 23.3 Å². The summed E-state index contributed by atoms with van der Waals surface area (Å²) in [6, 6.07) is 0.0591. The quantitative estimate of drug-likeness (QED) is 0.620. The molecule has 1 aromatic carbocycles. The maximum Gasteiger partial charge on any atom is 0.185 e. The number of anilines is 1. The molecule has 0 radical (unpaired) electrons. The second kappa shape index (κ2) is 5.39. The van der Waals surface area contributed by atoms with Gasteiger partial charge in [0.25, 0.3) is 0 Å². The van der Waals surface area contributed by atoms with Crippen LogP contribution in [0, 0.1) is 35.1 Å². The van der Waals surface area contributed by atoms with Gasteiger partial charge in [0.2, 0.25) is 0 Å². The Balaban J connectivity index is 2.24. The van der Waals surface area contributed by atoms with Crippen molar-refractivity contribution in [2.24, 2.45) is 11.8 Å². The molecule has 0 saturated heterocycles. The van der Waals surface area contributed by atoms with E-state index in [4.69, 9.17) is 0 Å². The molecule has 1 nitrogen and oxygen atoms in total. The number of rotatable bonds is 2. The molecule has 5 heteroatoms. The van der Waals surface area contributed by atoms with Crippen molar-refractivity contribution in [2.75, 3.05) is 5.32 Å².